The van der Waals surface area contributed by atoms with E-state index in [1.54, 1.807) is 24.3 Å². The summed E-state index contributed by atoms with van der Waals surface area (Å²) in [5, 5.41) is 0. The molecule has 1 aromatic heterocycles. The van der Waals surface area contributed by atoms with Crippen molar-refractivity contribution in [3.05, 3.63) is 71.2 Å². The molecular weight excluding hydrogens is 409 g/mol. The van der Waals surface area contributed by atoms with Crippen LogP contribution >= 0.6 is 0 Å². The number of amides is 1. The quantitative estimate of drug-likeness (QED) is 0.473. The van der Waals surface area contributed by atoms with E-state index >= 15 is 0 Å². The third-order valence-electron chi connectivity index (χ3n) is 5.62. The number of hydrogen-bond donors (Lipinski definition) is 0. The summed E-state index contributed by atoms with van der Waals surface area (Å²) < 4.78 is 31.2. The predicted molar refractivity (Wildman–Crippen MR) is 120 cm³/mol. The molecule has 168 valence electrons. The molecule has 0 radical (unpaired) electrons. The van der Waals surface area contributed by atoms with Crippen LogP contribution in [0.3, 0.4) is 0 Å². The van der Waals surface area contributed by atoms with Crippen LogP contribution in [0.5, 0.6) is 11.5 Å². The minimum absolute atomic E-state index is 0.0753. The number of halogens is 1. The van der Waals surface area contributed by atoms with Crippen LogP contribution < -0.4 is 9.47 Å². The highest BCUT2D eigenvalue weighted by molar-refractivity contribution is 5.77. The summed E-state index contributed by atoms with van der Waals surface area (Å²) >= 11 is 0. The van der Waals surface area contributed by atoms with Gasteiger partial charge in [0.25, 0.3) is 0 Å². The summed E-state index contributed by atoms with van der Waals surface area (Å²) in [6.07, 6.45) is 1.60. The Labute approximate surface area is 187 Å². The maximum atomic E-state index is 14.0. The summed E-state index contributed by atoms with van der Waals surface area (Å²) in [6.45, 7) is 6.25. The van der Waals surface area contributed by atoms with Gasteiger partial charge in [-0.25, -0.2) is 4.39 Å². The van der Waals surface area contributed by atoms with Gasteiger partial charge in [0.05, 0.1) is 18.8 Å². The molecule has 1 amide bonds. The first-order valence-corrected chi connectivity index (χ1v) is 11.1. The molecule has 1 aliphatic heterocycles. The van der Waals surface area contributed by atoms with Gasteiger partial charge >= 0.3 is 0 Å². The second-order valence-electron chi connectivity index (χ2n) is 7.74. The van der Waals surface area contributed by atoms with Gasteiger partial charge in [0.1, 0.15) is 17.3 Å². The molecular formula is C26H28FNO4. The topological polar surface area (TPSA) is 51.9 Å². The van der Waals surface area contributed by atoms with Crippen molar-refractivity contribution in [2.45, 2.75) is 39.7 Å². The molecule has 0 unspecified atom stereocenters. The molecule has 3 aromatic rings. The zero-order valence-electron chi connectivity index (χ0n) is 18.5. The van der Waals surface area contributed by atoms with Gasteiger partial charge in [-0.2, -0.15) is 0 Å². The fraction of sp³-hybridized carbons (Fsp3) is 0.346. The van der Waals surface area contributed by atoms with Crippen LogP contribution in [-0.4, -0.2) is 30.6 Å². The van der Waals surface area contributed by atoms with E-state index in [1.165, 1.54) is 11.6 Å². The molecule has 5 nitrogen and oxygen atoms in total. The van der Waals surface area contributed by atoms with Crippen molar-refractivity contribution in [1.29, 1.82) is 0 Å². The second kappa shape index (κ2) is 9.90. The Hall–Kier alpha value is -3.28. The molecule has 2 heterocycles. The smallest absolute Gasteiger partial charge is 0.223 e. The average Bonchev–Trinajstić information content (AvgIpc) is 3.27. The summed E-state index contributed by atoms with van der Waals surface area (Å²) in [5.74, 6) is 2.39. The first-order chi connectivity index (χ1) is 15.6. The molecule has 1 aliphatic rings. The van der Waals surface area contributed by atoms with E-state index < -0.39 is 0 Å². The number of furan rings is 1. The predicted octanol–water partition coefficient (Wildman–Crippen LogP) is 5.40. The zero-order valence-corrected chi connectivity index (χ0v) is 18.5. The minimum atomic E-state index is -0.324. The van der Waals surface area contributed by atoms with E-state index in [2.05, 4.69) is 0 Å². The highest BCUT2D eigenvalue weighted by Crippen LogP contribution is 2.34. The lowest BCUT2D eigenvalue weighted by Gasteiger charge is -2.30. The lowest BCUT2D eigenvalue weighted by atomic mass is 9.98. The van der Waals surface area contributed by atoms with Gasteiger partial charge in [0.2, 0.25) is 5.91 Å². The number of carbonyl (C=O) groups is 1. The Balaban J connectivity index is 1.39. The largest absolute Gasteiger partial charge is 0.490 e. The van der Waals surface area contributed by atoms with Crippen LogP contribution in [0.1, 0.15) is 37.2 Å². The number of aryl methyl sites for hydroxylation is 1. The summed E-state index contributed by atoms with van der Waals surface area (Å²) in [7, 11) is 0. The highest BCUT2D eigenvalue weighted by atomic mass is 19.1. The number of benzene rings is 2. The van der Waals surface area contributed by atoms with Crippen molar-refractivity contribution in [3.8, 4) is 22.8 Å². The first-order valence-electron chi connectivity index (χ1n) is 11.1. The maximum absolute atomic E-state index is 14.0. The monoisotopic (exact) mass is 437 g/mol. The van der Waals surface area contributed by atoms with E-state index in [0.29, 0.717) is 56.2 Å². The van der Waals surface area contributed by atoms with Crippen molar-refractivity contribution in [2.75, 3.05) is 19.8 Å². The maximum Gasteiger partial charge on any atom is 0.223 e. The summed E-state index contributed by atoms with van der Waals surface area (Å²) in [5.41, 5.74) is 2.71. The van der Waals surface area contributed by atoms with Gasteiger partial charge in [0.15, 0.2) is 11.5 Å². The van der Waals surface area contributed by atoms with Crippen LogP contribution in [0.25, 0.3) is 11.3 Å². The van der Waals surface area contributed by atoms with Gasteiger partial charge in [-0.05, 0) is 67.8 Å². The Morgan fingerprint density at radius 3 is 2.47 bits per heavy atom. The third-order valence-corrected chi connectivity index (χ3v) is 5.62. The van der Waals surface area contributed by atoms with E-state index in [4.69, 9.17) is 13.9 Å². The molecule has 0 bridgehead atoms. The van der Waals surface area contributed by atoms with Crippen molar-refractivity contribution < 1.29 is 23.1 Å². The lowest BCUT2D eigenvalue weighted by Crippen LogP contribution is -2.36. The number of fused-ring (bicyclic) bond motifs is 1. The van der Waals surface area contributed by atoms with Crippen LogP contribution in [0.4, 0.5) is 4.39 Å². The zero-order chi connectivity index (χ0) is 22.5. The molecule has 4 rings (SSSR count). The molecule has 0 fully saturated rings. The fourth-order valence-corrected chi connectivity index (χ4v) is 4.02. The van der Waals surface area contributed by atoms with Gasteiger partial charge in [0, 0.05) is 25.9 Å². The van der Waals surface area contributed by atoms with Gasteiger partial charge in [-0.1, -0.05) is 12.1 Å². The lowest BCUT2D eigenvalue weighted by molar-refractivity contribution is -0.132. The first kappa shape index (κ1) is 21.9. The Morgan fingerprint density at radius 2 is 1.75 bits per heavy atom. The Morgan fingerprint density at radius 1 is 1.03 bits per heavy atom. The molecule has 0 spiro atoms. The minimum Gasteiger partial charge on any atom is -0.490 e. The van der Waals surface area contributed by atoms with Gasteiger partial charge in [-0.3, -0.25) is 4.79 Å². The number of rotatable bonds is 8. The molecule has 0 saturated heterocycles. The van der Waals surface area contributed by atoms with Crippen molar-refractivity contribution in [1.82, 2.24) is 4.90 Å². The fourth-order valence-electron chi connectivity index (χ4n) is 4.02. The van der Waals surface area contributed by atoms with E-state index in [1.807, 2.05) is 36.9 Å². The Bertz CT molecular complexity index is 1090. The van der Waals surface area contributed by atoms with E-state index in [-0.39, 0.29) is 11.7 Å². The molecule has 6 heteroatoms. The molecule has 32 heavy (non-hydrogen) atoms. The van der Waals surface area contributed by atoms with E-state index in [9.17, 15) is 9.18 Å². The van der Waals surface area contributed by atoms with Crippen molar-refractivity contribution >= 4 is 5.91 Å². The number of ether oxygens (including phenoxy) is 2. The molecule has 2 aromatic carbocycles. The Kier molecular flexibility index (Phi) is 6.78. The number of hydrogen-bond acceptors (Lipinski definition) is 4. The molecule has 0 atom stereocenters. The third kappa shape index (κ3) is 4.79. The van der Waals surface area contributed by atoms with Crippen LogP contribution in [0.15, 0.2) is 52.9 Å². The molecule has 0 aliphatic carbocycles. The van der Waals surface area contributed by atoms with Crippen LogP contribution in [0.2, 0.25) is 0 Å². The van der Waals surface area contributed by atoms with Gasteiger partial charge in [-0.15, -0.1) is 0 Å². The summed E-state index contributed by atoms with van der Waals surface area (Å²) in [4.78, 5) is 14.7. The van der Waals surface area contributed by atoms with E-state index in [0.717, 1.165) is 23.5 Å². The molecule has 0 N–H and O–H groups in total. The SMILES string of the molecule is CCOc1cc2c(cc1OCC)CN(C(=O)CCc1ccc(-c3ccccc3F)o1)CC2. The van der Waals surface area contributed by atoms with Crippen molar-refractivity contribution in [2.24, 2.45) is 0 Å². The normalized spacial score (nSPS) is 13.0. The molecule has 0 saturated carbocycles. The summed E-state index contributed by atoms with van der Waals surface area (Å²) in [6, 6.07) is 14.1. The number of nitrogens with zero attached hydrogens (tertiary/aromatic N) is 1. The second-order valence-corrected chi connectivity index (χ2v) is 7.74. The van der Waals surface area contributed by atoms with Crippen LogP contribution in [0, 0.1) is 5.82 Å². The van der Waals surface area contributed by atoms with Crippen LogP contribution in [-0.2, 0) is 24.2 Å². The highest BCUT2D eigenvalue weighted by Gasteiger charge is 2.23. The van der Waals surface area contributed by atoms with Crippen molar-refractivity contribution in [3.63, 3.8) is 0 Å². The number of carbonyl (C=O) groups excluding carboxylic acids is 1. The van der Waals surface area contributed by atoms with Gasteiger partial charge < -0.3 is 18.8 Å². The standard InChI is InChI=1S/C26H28FNO4/c1-3-30-24-15-18-13-14-28(17-19(18)16-25(24)31-4-2)26(29)12-10-20-9-11-23(32-20)21-7-5-6-8-22(21)27/h5-9,11,15-16H,3-4,10,12-14,17H2,1-2H3. The average molecular weight is 438 g/mol.